The molecule has 0 saturated carbocycles. The van der Waals surface area contributed by atoms with Gasteiger partial charge in [0.25, 0.3) is 0 Å². The van der Waals surface area contributed by atoms with E-state index in [1.54, 1.807) is 17.4 Å². The van der Waals surface area contributed by atoms with Crippen molar-refractivity contribution in [3.63, 3.8) is 0 Å². The monoisotopic (exact) mass is 290 g/mol. The predicted octanol–water partition coefficient (Wildman–Crippen LogP) is 4.67. The Balaban J connectivity index is 1.66. The van der Waals surface area contributed by atoms with Crippen LogP contribution in [0.15, 0.2) is 52.4 Å². The Labute approximate surface area is 119 Å². The lowest BCUT2D eigenvalue weighted by molar-refractivity contribution is 0.520. The first-order valence-electron chi connectivity index (χ1n) is 5.79. The third kappa shape index (κ3) is 2.97. The minimum atomic E-state index is 0.413. The molecule has 2 heterocycles. The van der Waals surface area contributed by atoms with Crippen molar-refractivity contribution in [2.75, 3.05) is 5.32 Å². The Morgan fingerprint density at radius 2 is 2.00 bits per heavy atom. The summed E-state index contributed by atoms with van der Waals surface area (Å²) in [4.78, 5) is 4.28. The summed E-state index contributed by atoms with van der Waals surface area (Å²) >= 11 is 7.35. The van der Waals surface area contributed by atoms with Crippen molar-refractivity contribution in [3.8, 4) is 10.6 Å². The predicted molar refractivity (Wildman–Crippen MR) is 78.6 cm³/mol. The lowest BCUT2D eigenvalue weighted by Crippen LogP contribution is -1.97. The summed E-state index contributed by atoms with van der Waals surface area (Å²) in [6.45, 7) is 0.614. The van der Waals surface area contributed by atoms with Crippen molar-refractivity contribution in [2.24, 2.45) is 0 Å². The molecule has 19 heavy (non-hydrogen) atoms. The van der Waals surface area contributed by atoms with E-state index in [1.807, 2.05) is 29.8 Å². The van der Waals surface area contributed by atoms with E-state index in [1.165, 1.54) is 0 Å². The van der Waals surface area contributed by atoms with Gasteiger partial charge in [-0.1, -0.05) is 0 Å². The molecule has 0 spiro atoms. The van der Waals surface area contributed by atoms with Crippen LogP contribution >= 0.6 is 22.9 Å². The van der Waals surface area contributed by atoms with Crippen molar-refractivity contribution in [1.82, 2.24) is 4.98 Å². The molecular weight excluding hydrogens is 280 g/mol. The molecule has 0 aliphatic rings. The average molecular weight is 291 g/mol. The third-order valence-corrected chi connectivity index (χ3v) is 3.69. The number of nitrogens with one attached hydrogen (secondary N) is 1. The number of hydrogen-bond donors (Lipinski definition) is 1. The van der Waals surface area contributed by atoms with Crippen LogP contribution in [0.4, 0.5) is 5.69 Å². The molecule has 0 radical (unpaired) electrons. The highest BCUT2D eigenvalue weighted by atomic mass is 35.5. The fraction of sp³-hybridized carbons (Fsp3) is 0.0714. The number of benzene rings is 1. The minimum absolute atomic E-state index is 0.413. The zero-order valence-electron chi connectivity index (χ0n) is 9.97. The van der Waals surface area contributed by atoms with Gasteiger partial charge in [-0.25, -0.2) is 4.98 Å². The van der Waals surface area contributed by atoms with Gasteiger partial charge in [-0.2, -0.15) is 0 Å². The Morgan fingerprint density at radius 1 is 1.16 bits per heavy atom. The first-order chi connectivity index (χ1) is 9.31. The third-order valence-electron chi connectivity index (χ3n) is 2.66. The second kappa shape index (κ2) is 5.47. The van der Waals surface area contributed by atoms with E-state index >= 15 is 0 Å². The van der Waals surface area contributed by atoms with Crippen LogP contribution < -0.4 is 5.32 Å². The standard InChI is InChI=1S/C14H11ClN2OS/c15-13-6-5-12(18-13)9-17-11-3-1-10(2-4-11)14-16-7-8-19-14/h1-8,17H,9H2. The zero-order valence-corrected chi connectivity index (χ0v) is 11.5. The summed E-state index contributed by atoms with van der Waals surface area (Å²) in [5.74, 6) is 0.814. The first kappa shape index (κ1) is 12.3. The zero-order chi connectivity index (χ0) is 13.1. The van der Waals surface area contributed by atoms with Gasteiger partial charge >= 0.3 is 0 Å². The largest absolute Gasteiger partial charge is 0.448 e. The maximum absolute atomic E-state index is 5.72. The van der Waals surface area contributed by atoms with Crippen molar-refractivity contribution in [2.45, 2.75) is 6.54 Å². The van der Waals surface area contributed by atoms with Crippen molar-refractivity contribution < 1.29 is 4.42 Å². The highest BCUT2D eigenvalue weighted by molar-refractivity contribution is 7.13. The fourth-order valence-corrected chi connectivity index (χ4v) is 2.54. The molecule has 96 valence electrons. The van der Waals surface area contributed by atoms with Crippen LogP contribution in [0.1, 0.15) is 5.76 Å². The molecule has 2 aromatic heterocycles. The molecule has 0 fully saturated rings. The lowest BCUT2D eigenvalue weighted by Gasteiger charge is -2.05. The molecule has 0 bridgehead atoms. The van der Waals surface area contributed by atoms with E-state index in [-0.39, 0.29) is 0 Å². The molecule has 0 atom stereocenters. The summed E-state index contributed by atoms with van der Waals surface area (Å²) in [6, 6.07) is 11.8. The average Bonchev–Trinajstić information content (AvgIpc) is 3.08. The molecule has 0 saturated heterocycles. The highest BCUT2D eigenvalue weighted by Crippen LogP contribution is 2.23. The first-order valence-corrected chi connectivity index (χ1v) is 7.05. The molecule has 1 aromatic carbocycles. The topological polar surface area (TPSA) is 38.1 Å². The lowest BCUT2D eigenvalue weighted by atomic mass is 10.2. The van der Waals surface area contributed by atoms with E-state index in [2.05, 4.69) is 22.4 Å². The van der Waals surface area contributed by atoms with E-state index < -0.39 is 0 Å². The number of aromatic nitrogens is 1. The van der Waals surface area contributed by atoms with E-state index in [0.29, 0.717) is 11.8 Å². The molecule has 3 nitrogen and oxygen atoms in total. The van der Waals surface area contributed by atoms with Gasteiger partial charge in [-0.3, -0.25) is 0 Å². The summed E-state index contributed by atoms with van der Waals surface area (Å²) < 4.78 is 5.28. The molecule has 0 unspecified atom stereocenters. The maximum atomic E-state index is 5.72. The van der Waals surface area contributed by atoms with Gasteiger partial charge in [0.2, 0.25) is 0 Å². The van der Waals surface area contributed by atoms with Gasteiger partial charge < -0.3 is 9.73 Å². The van der Waals surface area contributed by atoms with Crippen molar-refractivity contribution in [3.05, 3.63) is 59.0 Å². The van der Waals surface area contributed by atoms with Crippen LogP contribution in [-0.2, 0) is 6.54 Å². The van der Waals surface area contributed by atoms with Gasteiger partial charge in [0.15, 0.2) is 5.22 Å². The van der Waals surface area contributed by atoms with Gasteiger partial charge in [0.05, 0.1) is 6.54 Å². The summed E-state index contributed by atoms with van der Waals surface area (Å²) in [7, 11) is 0. The molecule has 3 rings (SSSR count). The van der Waals surface area contributed by atoms with Gasteiger partial charge in [-0.15, -0.1) is 11.3 Å². The second-order valence-electron chi connectivity index (χ2n) is 3.97. The number of anilines is 1. The highest BCUT2D eigenvalue weighted by Gasteiger charge is 2.02. The van der Waals surface area contributed by atoms with Gasteiger partial charge in [0, 0.05) is 22.8 Å². The van der Waals surface area contributed by atoms with Crippen LogP contribution in [0.2, 0.25) is 5.22 Å². The Bertz CT molecular complexity index is 646. The van der Waals surface area contributed by atoms with Crippen molar-refractivity contribution >= 4 is 28.6 Å². The molecule has 0 aliphatic carbocycles. The molecule has 5 heteroatoms. The quantitative estimate of drug-likeness (QED) is 0.759. The second-order valence-corrected chi connectivity index (χ2v) is 5.24. The number of thiazole rings is 1. The van der Waals surface area contributed by atoms with E-state index in [0.717, 1.165) is 22.0 Å². The normalized spacial score (nSPS) is 10.6. The molecule has 0 amide bonds. The number of rotatable bonds is 4. The van der Waals surface area contributed by atoms with Crippen LogP contribution in [0.3, 0.4) is 0 Å². The van der Waals surface area contributed by atoms with Crippen LogP contribution in [-0.4, -0.2) is 4.98 Å². The molecular formula is C14H11ClN2OS. The number of nitrogens with zero attached hydrogens (tertiary/aromatic N) is 1. The van der Waals surface area contributed by atoms with Crippen LogP contribution in [0.25, 0.3) is 10.6 Å². The number of furan rings is 1. The Morgan fingerprint density at radius 3 is 2.63 bits per heavy atom. The Hall–Kier alpha value is -1.78. The van der Waals surface area contributed by atoms with Gasteiger partial charge in [0.1, 0.15) is 10.8 Å². The number of hydrogen-bond acceptors (Lipinski definition) is 4. The fourth-order valence-electron chi connectivity index (χ4n) is 1.73. The molecule has 1 N–H and O–H groups in total. The smallest absolute Gasteiger partial charge is 0.193 e. The van der Waals surface area contributed by atoms with E-state index in [4.69, 9.17) is 16.0 Å². The summed E-state index contributed by atoms with van der Waals surface area (Å²) in [6.07, 6.45) is 1.81. The van der Waals surface area contributed by atoms with Gasteiger partial charge in [-0.05, 0) is 48.0 Å². The minimum Gasteiger partial charge on any atom is -0.448 e. The van der Waals surface area contributed by atoms with Crippen molar-refractivity contribution in [1.29, 1.82) is 0 Å². The summed E-state index contributed by atoms with van der Waals surface area (Å²) in [5.41, 5.74) is 2.16. The van der Waals surface area contributed by atoms with E-state index in [9.17, 15) is 0 Å². The SMILES string of the molecule is Clc1ccc(CNc2ccc(-c3nccs3)cc2)o1. The molecule has 0 aliphatic heterocycles. The maximum Gasteiger partial charge on any atom is 0.193 e. The summed E-state index contributed by atoms with van der Waals surface area (Å²) in [5, 5.41) is 6.70. The van der Waals surface area contributed by atoms with Crippen LogP contribution in [0.5, 0.6) is 0 Å². The Kier molecular flexibility index (Phi) is 3.53. The molecule has 3 aromatic rings. The van der Waals surface area contributed by atoms with Crippen LogP contribution in [0, 0.1) is 0 Å². The number of halogens is 1.